The van der Waals surface area contributed by atoms with Crippen molar-refractivity contribution in [1.29, 1.82) is 0 Å². The molecule has 15 rings (SSSR count). The lowest BCUT2D eigenvalue weighted by molar-refractivity contribution is 0.464. The van der Waals surface area contributed by atoms with Gasteiger partial charge in [-0.05, 0) is 142 Å². The van der Waals surface area contributed by atoms with E-state index in [4.69, 9.17) is 14.2 Å². The highest BCUT2D eigenvalue weighted by atomic mass is 32.2. The highest BCUT2D eigenvalue weighted by Gasteiger charge is 2.48. The average molecular weight is 813 g/mol. The first-order chi connectivity index (χ1) is 30.4. The summed E-state index contributed by atoms with van der Waals surface area (Å²) in [7, 11) is 0. The number of nitrogens with one attached hydrogen (secondary N) is 1. The van der Waals surface area contributed by atoms with Crippen LogP contribution in [0.25, 0.3) is 27.5 Å². The Morgan fingerprint density at radius 2 is 1.08 bits per heavy atom. The fraction of sp³-hybridized carbons (Fsp3) is 0.0769. The first-order valence-corrected chi connectivity index (χ1v) is 22.6. The molecule has 0 aliphatic carbocycles. The Morgan fingerprint density at radius 1 is 0.452 bits per heavy atom. The van der Waals surface area contributed by atoms with Gasteiger partial charge in [-0.2, -0.15) is 0 Å². The maximum absolute atomic E-state index is 7.05. The molecule has 0 saturated carbocycles. The van der Waals surface area contributed by atoms with Gasteiger partial charge in [0.25, 0.3) is 20.1 Å². The number of nitrogens with zero attached hydrogens (tertiary/aromatic N) is 2. The van der Waals surface area contributed by atoms with Gasteiger partial charge in [0.15, 0.2) is 0 Å². The largest absolute Gasteiger partial charge is 0.458 e. The number of hydrogen-bond acceptors (Lipinski definition) is 6. The molecule has 6 aliphatic rings. The van der Waals surface area contributed by atoms with Crippen molar-refractivity contribution in [2.75, 3.05) is 15.9 Å². The standard InChI is InChI=1S/C52H34B3N3O3S/c1-26-16-38-49-41(17-26)57-39-14-7-5-10-29(39)30-11-9-13-32(52(30)57)54(49)33-22-35-44(24-37(33)56-38)60-47-20-28(3)21-48-51(47)55(35)36-23-34-40(25-45(36)61-48)58(62-4)42-18-27(2)19-46-50(42)53(34)31-12-6-8-15-43(31)59-46/h5-25,56H,1-4H3. The predicted molar refractivity (Wildman–Crippen MR) is 260 cm³/mol. The average Bonchev–Trinajstić information content (AvgIpc) is 3.61. The monoisotopic (exact) mass is 813 g/mol. The van der Waals surface area contributed by atoms with Crippen LogP contribution >= 0.6 is 11.9 Å². The zero-order valence-corrected chi connectivity index (χ0v) is 35.2. The number of hydrogen-bond donors (Lipinski definition) is 1. The molecule has 8 aromatic carbocycles. The second-order valence-corrected chi connectivity index (χ2v) is 18.6. The number of para-hydroxylation sites is 3. The molecule has 0 radical (unpaired) electrons. The summed E-state index contributed by atoms with van der Waals surface area (Å²) in [5.74, 6) is 5.31. The number of benzene rings is 8. The summed E-state index contributed by atoms with van der Waals surface area (Å²) in [4.78, 5) is 0. The molecule has 0 atom stereocenters. The maximum atomic E-state index is 7.05. The molecule has 0 bridgehead atoms. The number of aromatic nitrogens is 1. The van der Waals surface area contributed by atoms with E-state index in [1.54, 1.807) is 11.9 Å². The van der Waals surface area contributed by atoms with E-state index < -0.39 is 0 Å². The van der Waals surface area contributed by atoms with Gasteiger partial charge in [-0.25, -0.2) is 0 Å². The molecular weight excluding hydrogens is 779 g/mol. The highest BCUT2D eigenvalue weighted by molar-refractivity contribution is 8.00. The van der Waals surface area contributed by atoms with E-state index in [0.29, 0.717) is 0 Å². The van der Waals surface area contributed by atoms with Gasteiger partial charge in [-0.3, -0.25) is 4.31 Å². The Bertz CT molecular complexity index is 3620. The zero-order chi connectivity index (χ0) is 40.9. The van der Waals surface area contributed by atoms with Crippen molar-refractivity contribution in [3.63, 3.8) is 0 Å². The minimum absolute atomic E-state index is 0.00644. The first-order valence-electron chi connectivity index (χ1n) is 21.5. The molecule has 10 heteroatoms. The molecular formula is C52H34B3N3O3S. The second kappa shape index (κ2) is 11.5. The van der Waals surface area contributed by atoms with Gasteiger partial charge in [0.1, 0.15) is 34.5 Å². The molecule has 1 aromatic heterocycles. The molecule has 6 nitrogen and oxygen atoms in total. The Balaban J connectivity index is 0.992. The van der Waals surface area contributed by atoms with E-state index in [0.717, 1.165) is 73.5 Å². The third-order valence-corrected chi connectivity index (χ3v) is 15.1. The molecule has 290 valence electrons. The van der Waals surface area contributed by atoms with Crippen LogP contribution < -0.4 is 73.0 Å². The third kappa shape index (κ3) is 4.12. The van der Waals surface area contributed by atoms with Gasteiger partial charge in [0.05, 0.1) is 16.9 Å². The molecule has 0 amide bonds. The van der Waals surface area contributed by atoms with Gasteiger partial charge >= 0.3 is 0 Å². The van der Waals surface area contributed by atoms with E-state index in [1.165, 1.54) is 77.1 Å². The number of rotatable bonds is 1. The van der Waals surface area contributed by atoms with Gasteiger partial charge in [0.2, 0.25) is 0 Å². The summed E-state index contributed by atoms with van der Waals surface area (Å²) in [6.45, 7) is 6.38. The Hall–Kier alpha value is -6.90. The minimum atomic E-state index is -0.120. The number of aryl methyl sites for hydroxylation is 3. The van der Waals surface area contributed by atoms with Crippen molar-refractivity contribution >= 4 is 126 Å². The summed E-state index contributed by atoms with van der Waals surface area (Å²) in [5, 5.41) is 6.52. The van der Waals surface area contributed by atoms with Crippen LogP contribution in [0.5, 0.6) is 34.5 Å². The summed E-state index contributed by atoms with van der Waals surface area (Å²) in [6, 6.07) is 47.3. The molecule has 7 heterocycles. The Morgan fingerprint density at radius 3 is 1.92 bits per heavy atom. The van der Waals surface area contributed by atoms with Crippen LogP contribution in [0.15, 0.2) is 127 Å². The summed E-state index contributed by atoms with van der Waals surface area (Å²) in [6.07, 6.45) is 2.16. The van der Waals surface area contributed by atoms with Gasteiger partial charge in [-0.15, -0.1) is 0 Å². The minimum Gasteiger partial charge on any atom is -0.458 e. The van der Waals surface area contributed by atoms with Crippen molar-refractivity contribution in [2.45, 2.75) is 20.8 Å². The van der Waals surface area contributed by atoms with Gasteiger partial charge in [-0.1, -0.05) is 66.7 Å². The molecule has 1 N–H and O–H groups in total. The van der Waals surface area contributed by atoms with Crippen LogP contribution in [0.2, 0.25) is 0 Å². The molecule has 9 aromatic rings. The second-order valence-electron chi connectivity index (χ2n) is 17.9. The van der Waals surface area contributed by atoms with Crippen LogP contribution in [-0.4, -0.2) is 31.0 Å². The van der Waals surface area contributed by atoms with Crippen LogP contribution in [0.3, 0.4) is 0 Å². The maximum Gasteiger partial charge on any atom is 0.260 e. The fourth-order valence-electron chi connectivity index (χ4n) is 12.0. The van der Waals surface area contributed by atoms with Crippen molar-refractivity contribution in [3.05, 3.63) is 144 Å². The van der Waals surface area contributed by atoms with Crippen LogP contribution in [0.1, 0.15) is 16.7 Å². The van der Waals surface area contributed by atoms with E-state index >= 15 is 0 Å². The van der Waals surface area contributed by atoms with Crippen molar-refractivity contribution in [3.8, 4) is 40.2 Å². The highest BCUT2D eigenvalue weighted by Crippen LogP contribution is 2.44. The molecule has 0 spiro atoms. The summed E-state index contributed by atoms with van der Waals surface area (Å²) in [5.41, 5.74) is 22.8. The lowest BCUT2D eigenvalue weighted by Crippen LogP contribution is -2.64. The van der Waals surface area contributed by atoms with E-state index in [9.17, 15) is 0 Å². The predicted octanol–water partition coefficient (Wildman–Crippen LogP) is 6.67. The number of ether oxygens (including phenoxy) is 3. The number of anilines is 4. The van der Waals surface area contributed by atoms with Crippen LogP contribution in [0.4, 0.5) is 22.7 Å². The van der Waals surface area contributed by atoms with Crippen LogP contribution in [0, 0.1) is 20.8 Å². The SMILES string of the molecule is CSN1c2cc3c(cc2B2c4ccccc4Oc4cc(C)cc1c42)B1c2cc4c(cc2Oc2cc(C)cc(c21)O3)Nc1cc(C)cc2c1B4c1cccc3c4ccccc4n-2c13. The molecule has 62 heavy (non-hydrogen) atoms. The van der Waals surface area contributed by atoms with Crippen molar-refractivity contribution in [1.82, 2.24) is 4.57 Å². The van der Waals surface area contributed by atoms with Gasteiger partial charge in [0, 0.05) is 57.2 Å². The lowest BCUT2D eigenvalue weighted by atomic mass is 9.30. The van der Waals surface area contributed by atoms with E-state index in [2.05, 4.69) is 169 Å². The molecule has 0 fully saturated rings. The normalized spacial score (nSPS) is 14.6. The summed E-state index contributed by atoms with van der Waals surface area (Å²) >= 11 is 1.72. The Kier molecular flexibility index (Phi) is 6.27. The van der Waals surface area contributed by atoms with E-state index in [-0.39, 0.29) is 20.1 Å². The van der Waals surface area contributed by atoms with Crippen molar-refractivity contribution < 1.29 is 14.2 Å². The van der Waals surface area contributed by atoms with Gasteiger partial charge < -0.3 is 24.1 Å². The first kappa shape index (κ1) is 33.8. The smallest absolute Gasteiger partial charge is 0.260 e. The molecule has 0 unspecified atom stereocenters. The summed E-state index contributed by atoms with van der Waals surface area (Å²) < 4.78 is 25.7. The van der Waals surface area contributed by atoms with E-state index in [1.807, 2.05) is 0 Å². The third-order valence-electron chi connectivity index (χ3n) is 14.3. The Labute approximate surface area is 363 Å². The quantitative estimate of drug-likeness (QED) is 0.148. The lowest BCUT2D eigenvalue weighted by Gasteiger charge is -2.41. The van der Waals surface area contributed by atoms with Crippen LogP contribution in [-0.2, 0) is 0 Å². The molecule has 6 aliphatic heterocycles. The fourth-order valence-corrected chi connectivity index (χ4v) is 12.7. The molecule has 0 saturated heterocycles. The zero-order valence-electron chi connectivity index (χ0n) is 34.4. The number of fused-ring (bicyclic) bond motifs is 15. The van der Waals surface area contributed by atoms with Crippen molar-refractivity contribution in [2.24, 2.45) is 0 Å². The topological polar surface area (TPSA) is 47.9 Å².